The number of carbonyl (C=O) groups is 1. The number of benzene rings is 1. The second kappa shape index (κ2) is 9.93. The smallest absolute Gasteiger partial charge is 0.417 e. The minimum absolute atomic E-state index is 0.00709. The van der Waals surface area contributed by atoms with Crippen molar-refractivity contribution in [1.29, 1.82) is 0 Å². The third-order valence-electron chi connectivity index (χ3n) is 4.92. The van der Waals surface area contributed by atoms with Crippen LogP contribution in [0.25, 0.3) is 22.8 Å². The van der Waals surface area contributed by atoms with Crippen LogP contribution in [-0.4, -0.2) is 49.1 Å². The van der Waals surface area contributed by atoms with Crippen molar-refractivity contribution >= 4 is 5.91 Å². The van der Waals surface area contributed by atoms with E-state index < -0.39 is 11.7 Å². The van der Waals surface area contributed by atoms with Gasteiger partial charge in [0.15, 0.2) is 0 Å². The summed E-state index contributed by atoms with van der Waals surface area (Å²) in [5.74, 6) is 0.0278. The fourth-order valence-corrected chi connectivity index (χ4v) is 3.11. The van der Waals surface area contributed by atoms with E-state index in [0.717, 1.165) is 12.1 Å². The number of aliphatic hydroxyl groups is 1. The zero-order valence-corrected chi connectivity index (χ0v) is 18.3. The maximum atomic E-state index is 12.7. The van der Waals surface area contributed by atoms with Crippen LogP contribution in [0.2, 0.25) is 0 Å². The third kappa shape index (κ3) is 5.46. The molecular formula is C22H19F3N6O4. The molecule has 3 aromatic heterocycles. The highest BCUT2D eigenvalue weighted by molar-refractivity contribution is 5.95. The number of aliphatic hydroxyl groups excluding tert-OH is 1. The van der Waals surface area contributed by atoms with Gasteiger partial charge in [-0.15, -0.1) is 0 Å². The zero-order chi connectivity index (χ0) is 25.0. The zero-order valence-electron chi connectivity index (χ0n) is 18.3. The van der Waals surface area contributed by atoms with Crippen molar-refractivity contribution in [2.45, 2.75) is 12.8 Å². The fourth-order valence-electron chi connectivity index (χ4n) is 3.11. The summed E-state index contributed by atoms with van der Waals surface area (Å²) in [4.78, 5) is 20.2. The summed E-state index contributed by atoms with van der Waals surface area (Å²) < 4.78 is 50.6. The Morgan fingerprint density at radius 1 is 1.23 bits per heavy atom. The quantitative estimate of drug-likeness (QED) is 0.388. The Labute approximate surface area is 196 Å². The van der Waals surface area contributed by atoms with Crippen molar-refractivity contribution in [3.05, 3.63) is 65.6 Å². The lowest BCUT2D eigenvalue weighted by Gasteiger charge is -2.09. The van der Waals surface area contributed by atoms with Gasteiger partial charge in [0.25, 0.3) is 11.8 Å². The molecule has 0 bridgehead atoms. The molecule has 1 aromatic carbocycles. The van der Waals surface area contributed by atoms with Gasteiger partial charge in [0.05, 0.1) is 29.6 Å². The number of hydrogen-bond acceptors (Lipinski definition) is 8. The number of nitrogens with one attached hydrogen (secondary N) is 1. The van der Waals surface area contributed by atoms with E-state index in [1.807, 2.05) is 0 Å². The average Bonchev–Trinajstić information content (AvgIpc) is 3.48. The van der Waals surface area contributed by atoms with E-state index in [9.17, 15) is 18.0 Å². The first-order chi connectivity index (χ1) is 16.8. The molecule has 0 spiro atoms. The molecule has 0 unspecified atom stereocenters. The lowest BCUT2D eigenvalue weighted by molar-refractivity contribution is -0.137. The molecule has 3 heterocycles. The van der Waals surface area contributed by atoms with E-state index in [0.29, 0.717) is 28.6 Å². The van der Waals surface area contributed by atoms with Crippen molar-refractivity contribution in [2.24, 2.45) is 7.05 Å². The molecule has 0 fully saturated rings. The molecule has 0 aliphatic carbocycles. The number of ether oxygens (including phenoxy) is 1. The van der Waals surface area contributed by atoms with Crippen LogP contribution in [0.4, 0.5) is 13.2 Å². The third-order valence-corrected chi connectivity index (χ3v) is 4.92. The van der Waals surface area contributed by atoms with Gasteiger partial charge in [-0.3, -0.25) is 9.48 Å². The largest absolute Gasteiger partial charge is 0.471 e. The number of carbonyl (C=O) groups excluding carboxylic acids is 1. The van der Waals surface area contributed by atoms with Crippen molar-refractivity contribution in [2.75, 3.05) is 13.2 Å². The number of aromatic nitrogens is 5. The van der Waals surface area contributed by atoms with Gasteiger partial charge in [-0.25, -0.2) is 4.98 Å². The minimum Gasteiger partial charge on any atom is -0.471 e. The highest BCUT2D eigenvalue weighted by Gasteiger charge is 2.30. The van der Waals surface area contributed by atoms with Gasteiger partial charge in [-0.1, -0.05) is 17.3 Å². The van der Waals surface area contributed by atoms with Crippen LogP contribution in [0, 0.1) is 0 Å². The van der Waals surface area contributed by atoms with Gasteiger partial charge >= 0.3 is 6.18 Å². The predicted molar refractivity (Wildman–Crippen MR) is 115 cm³/mol. The average molecular weight is 488 g/mol. The summed E-state index contributed by atoms with van der Waals surface area (Å²) in [6, 6.07) is 8.59. The first kappa shape index (κ1) is 23.9. The predicted octanol–water partition coefficient (Wildman–Crippen LogP) is 2.85. The van der Waals surface area contributed by atoms with Gasteiger partial charge < -0.3 is 19.7 Å². The van der Waals surface area contributed by atoms with E-state index in [4.69, 9.17) is 14.4 Å². The molecular weight excluding hydrogens is 469 g/mol. The van der Waals surface area contributed by atoms with Crippen LogP contribution in [0.15, 0.2) is 53.3 Å². The van der Waals surface area contributed by atoms with Gasteiger partial charge in [-0.05, 0) is 18.2 Å². The number of rotatable bonds is 8. The van der Waals surface area contributed by atoms with E-state index in [2.05, 4.69) is 25.5 Å². The number of alkyl halides is 3. The molecule has 4 rings (SSSR count). The lowest BCUT2D eigenvalue weighted by Crippen LogP contribution is -2.26. The maximum absolute atomic E-state index is 12.7. The molecule has 10 nitrogen and oxygen atoms in total. The minimum atomic E-state index is -4.49. The Bertz CT molecular complexity index is 1320. The van der Waals surface area contributed by atoms with Gasteiger partial charge in [0.1, 0.15) is 6.61 Å². The SMILES string of the molecule is Cn1ncc(-c2nc(-c3cccc(C(=O)NCCO)c3)no2)c1COc1ccc(C(F)(F)F)cn1. The van der Waals surface area contributed by atoms with Gasteiger partial charge in [0.2, 0.25) is 11.7 Å². The molecule has 0 saturated heterocycles. The summed E-state index contributed by atoms with van der Waals surface area (Å²) in [5.41, 5.74) is 1.02. The first-order valence-corrected chi connectivity index (χ1v) is 10.3. The fraction of sp³-hybridized carbons (Fsp3) is 0.227. The summed E-state index contributed by atoms with van der Waals surface area (Å²) in [5, 5.41) is 19.6. The molecule has 182 valence electrons. The molecule has 13 heteroatoms. The number of nitrogens with zero attached hydrogens (tertiary/aromatic N) is 5. The molecule has 4 aromatic rings. The Balaban J connectivity index is 1.51. The summed E-state index contributed by atoms with van der Waals surface area (Å²) >= 11 is 0. The molecule has 1 amide bonds. The standard InChI is InChI=1S/C22H19F3N6O4/c1-31-17(12-34-18-6-5-15(10-27-18)22(23,24)25)16(11-28-31)21-29-19(30-35-21)13-3-2-4-14(9-13)20(33)26-7-8-32/h2-6,9-11,32H,7-8,12H2,1H3,(H,26,33). The van der Waals surface area contributed by atoms with E-state index in [1.54, 1.807) is 31.3 Å². The summed E-state index contributed by atoms with van der Waals surface area (Å²) in [7, 11) is 1.66. The van der Waals surface area contributed by atoms with E-state index in [1.165, 1.54) is 10.9 Å². The van der Waals surface area contributed by atoms with Crippen molar-refractivity contribution in [1.82, 2.24) is 30.2 Å². The van der Waals surface area contributed by atoms with Gasteiger partial charge in [0, 0.05) is 37.0 Å². The van der Waals surface area contributed by atoms with Crippen LogP contribution >= 0.6 is 0 Å². The van der Waals surface area contributed by atoms with Crippen LogP contribution in [0.3, 0.4) is 0 Å². The summed E-state index contributed by atoms with van der Waals surface area (Å²) in [6.45, 7) is -0.114. The topological polar surface area (TPSA) is 128 Å². The highest BCUT2D eigenvalue weighted by atomic mass is 19.4. The first-order valence-electron chi connectivity index (χ1n) is 10.3. The van der Waals surface area contributed by atoms with Crippen molar-refractivity contribution in [3.8, 4) is 28.7 Å². The van der Waals surface area contributed by atoms with Crippen LogP contribution in [-0.2, 0) is 19.8 Å². The molecule has 0 aliphatic rings. The van der Waals surface area contributed by atoms with Crippen LogP contribution in [0.1, 0.15) is 21.6 Å². The van der Waals surface area contributed by atoms with Crippen molar-refractivity contribution in [3.63, 3.8) is 0 Å². The molecule has 35 heavy (non-hydrogen) atoms. The maximum Gasteiger partial charge on any atom is 0.417 e. The molecule has 0 saturated carbocycles. The molecule has 0 radical (unpaired) electrons. The van der Waals surface area contributed by atoms with Crippen LogP contribution in [0.5, 0.6) is 5.88 Å². The van der Waals surface area contributed by atoms with E-state index in [-0.39, 0.29) is 43.3 Å². The number of pyridine rings is 1. The molecule has 0 aliphatic heterocycles. The second-order valence-corrected chi connectivity index (χ2v) is 7.28. The normalized spacial score (nSPS) is 11.5. The van der Waals surface area contributed by atoms with E-state index >= 15 is 0 Å². The highest BCUT2D eigenvalue weighted by Crippen LogP contribution is 2.30. The number of amides is 1. The van der Waals surface area contributed by atoms with Crippen molar-refractivity contribution < 1.29 is 32.3 Å². The summed E-state index contributed by atoms with van der Waals surface area (Å²) in [6.07, 6.45) is -2.30. The Morgan fingerprint density at radius 2 is 2.06 bits per heavy atom. The number of hydrogen-bond donors (Lipinski definition) is 2. The Kier molecular flexibility index (Phi) is 6.78. The lowest BCUT2D eigenvalue weighted by atomic mass is 10.1. The van der Waals surface area contributed by atoms with Crippen LogP contribution < -0.4 is 10.1 Å². The number of halogens is 3. The molecule has 2 N–H and O–H groups in total. The Morgan fingerprint density at radius 3 is 2.77 bits per heavy atom. The Hall–Kier alpha value is -4.26. The monoisotopic (exact) mass is 488 g/mol. The number of aryl methyl sites for hydroxylation is 1. The molecule has 0 atom stereocenters. The second-order valence-electron chi connectivity index (χ2n) is 7.28. The van der Waals surface area contributed by atoms with Gasteiger partial charge in [-0.2, -0.15) is 23.3 Å².